The molecule has 0 fully saturated rings. The molecule has 0 radical (unpaired) electrons. The van der Waals surface area contributed by atoms with Crippen molar-refractivity contribution in [3.05, 3.63) is 51.7 Å². The molecule has 0 spiro atoms. The van der Waals surface area contributed by atoms with Crippen molar-refractivity contribution >= 4 is 40.9 Å². The van der Waals surface area contributed by atoms with Gasteiger partial charge in [0.25, 0.3) is 5.91 Å². The molecule has 0 bridgehead atoms. The number of hydrogen-bond donors (Lipinski definition) is 1. The molecule has 1 amide bonds. The first-order valence-electron chi connectivity index (χ1n) is 5.97. The summed E-state index contributed by atoms with van der Waals surface area (Å²) in [4.78, 5) is 14.8. The van der Waals surface area contributed by atoms with E-state index in [1.807, 2.05) is 0 Å². The third-order valence-corrected chi connectivity index (χ3v) is 3.50. The lowest BCUT2D eigenvalue weighted by atomic mass is 10.1. The Morgan fingerprint density at radius 2 is 1.86 bits per heavy atom. The van der Waals surface area contributed by atoms with Gasteiger partial charge in [0.15, 0.2) is 5.70 Å². The summed E-state index contributed by atoms with van der Waals surface area (Å²) in [7, 11) is 0. The maximum Gasteiger partial charge on any atom is 0.434 e. The van der Waals surface area contributed by atoms with Crippen LogP contribution in [0.2, 0.25) is 10.0 Å². The fourth-order valence-corrected chi connectivity index (χ4v) is 2.46. The molecule has 1 aromatic carbocycles. The van der Waals surface area contributed by atoms with Crippen LogP contribution in [0.15, 0.2) is 41.0 Å². The van der Waals surface area contributed by atoms with Gasteiger partial charge < -0.3 is 5.32 Å². The van der Waals surface area contributed by atoms with Crippen molar-refractivity contribution < 1.29 is 18.0 Å². The lowest BCUT2D eigenvalue weighted by Gasteiger charge is -2.18. The van der Waals surface area contributed by atoms with E-state index in [0.717, 1.165) is 6.21 Å². The number of amides is 1. The van der Waals surface area contributed by atoms with Gasteiger partial charge in [0.1, 0.15) is 0 Å². The van der Waals surface area contributed by atoms with Crippen molar-refractivity contribution in [1.29, 1.82) is 0 Å². The lowest BCUT2D eigenvalue weighted by Crippen LogP contribution is -2.33. The lowest BCUT2D eigenvalue weighted by molar-refractivity contribution is -0.118. The van der Waals surface area contributed by atoms with Crippen LogP contribution in [-0.4, -0.2) is 24.8 Å². The van der Waals surface area contributed by atoms with E-state index in [9.17, 15) is 18.0 Å². The van der Waals surface area contributed by atoms with Gasteiger partial charge in [0.05, 0.1) is 5.57 Å². The largest absolute Gasteiger partial charge is 0.434 e. The maximum atomic E-state index is 12.5. The Bertz CT molecular complexity index is 688. The summed E-state index contributed by atoms with van der Waals surface area (Å²) in [6.45, 7) is 3.64. The smallest absolute Gasteiger partial charge is 0.348 e. The molecule has 0 aromatic heterocycles. The minimum absolute atomic E-state index is 0.0925. The molecule has 0 saturated heterocycles. The zero-order chi connectivity index (χ0) is 16.5. The predicted molar refractivity (Wildman–Crippen MR) is 80.1 cm³/mol. The topological polar surface area (TPSA) is 41.5 Å². The predicted octanol–water partition coefficient (Wildman–Crippen LogP) is 4.02. The number of hydrogen-bond acceptors (Lipinski definition) is 2. The van der Waals surface area contributed by atoms with Gasteiger partial charge in [-0.25, -0.2) is 0 Å². The highest BCUT2D eigenvalue weighted by Gasteiger charge is 2.41. The highest BCUT2D eigenvalue weighted by atomic mass is 35.5. The Morgan fingerprint density at radius 1 is 1.27 bits per heavy atom. The second-order valence-corrected chi connectivity index (χ2v) is 5.22. The summed E-state index contributed by atoms with van der Waals surface area (Å²) in [5, 5.41) is 3.01. The van der Waals surface area contributed by atoms with Crippen molar-refractivity contribution in [2.75, 3.05) is 6.54 Å². The van der Waals surface area contributed by atoms with E-state index in [1.165, 1.54) is 0 Å². The average Bonchev–Trinajstić information content (AvgIpc) is 2.32. The zero-order valence-corrected chi connectivity index (χ0v) is 12.5. The second kappa shape index (κ2) is 6.14. The second-order valence-electron chi connectivity index (χ2n) is 4.40. The first-order valence-corrected chi connectivity index (χ1v) is 6.73. The van der Waals surface area contributed by atoms with E-state index in [1.54, 1.807) is 18.2 Å². The monoisotopic (exact) mass is 348 g/mol. The number of allylic oxidation sites excluding steroid dienone is 1. The first kappa shape index (κ1) is 16.6. The minimum atomic E-state index is -4.65. The van der Waals surface area contributed by atoms with E-state index in [2.05, 4.69) is 16.9 Å². The summed E-state index contributed by atoms with van der Waals surface area (Å²) in [5.74, 6) is -0.883. The number of carbonyl (C=O) groups excluding carboxylic acids is 1. The fraction of sp³-hybridized carbons (Fsp3) is 0.143. The molecule has 1 aliphatic heterocycles. The maximum absolute atomic E-state index is 12.5. The van der Waals surface area contributed by atoms with E-state index < -0.39 is 23.4 Å². The Hall–Kier alpha value is -1.79. The molecule has 0 aliphatic carbocycles. The molecule has 0 saturated carbocycles. The molecule has 8 heteroatoms. The molecule has 22 heavy (non-hydrogen) atoms. The third kappa shape index (κ3) is 3.34. The minimum Gasteiger partial charge on any atom is -0.348 e. The van der Waals surface area contributed by atoms with Crippen molar-refractivity contribution in [2.45, 2.75) is 6.18 Å². The van der Waals surface area contributed by atoms with Crippen molar-refractivity contribution in [3.8, 4) is 0 Å². The molecule has 2 rings (SSSR count). The van der Waals surface area contributed by atoms with Gasteiger partial charge in [-0.15, -0.1) is 0 Å². The van der Waals surface area contributed by atoms with Gasteiger partial charge >= 0.3 is 6.18 Å². The molecule has 1 aromatic rings. The summed E-state index contributed by atoms with van der Waals surface area (Å²) in [5.41, 5.74) is -0.871. The number of alkyl halides is 3. The number of nitrogens with zero attached hydrogens (tertiary/aromatic N) is 1. The molecular weight excluding hydrogens is 340 g/mol. The van der Waals surface area contributed by atoms with Gasteiger partial charge in [-0.05, 0) is 17.7 Å². The van der Waals surface area contributed by atoms with Crippen LogP contribution in [0.25, 0.3) is 5.57 Å². The summed E-state index contributed by atoms with van der Waals surface area (Å²) < 4.78 is 37.4. The van der Waals surface area contributed by atoms with Gasteiger partial charge in [-0.3, -0.25) is 9.79 Å². The molecule has 0 unspecified atom stereocenters. The highest BCUT2D eigenvalue weighted by molar-refractivity contribution is 6.37. The number of benzene rings is 1. The Labute approximate surface area is 134 Å². The Morgan fingerprint density at radius 3 is 2.32 bits per heavy atom. The quantitative estimate of drug-likeness (QED) is 0.876. The van der Waals surface area contributed by atoms with Crippen LogP contribution in [0.5, 0.6) is 0 Å². The van der Waals surface area contributed by atoms with Crippen LogP contribution in [0.1, 0.15) is 5.56 Å². The molecule has 1 heterocycles. The normalized spacial score (nSPS) is 13.9. The SMILES string of the molecule is C=C(CNC(=O)C1=C(C(F)(F)F)N=C1)c1c(Cl)cccc1Cl. The number of nitrogens with one attached hydrogen (secondary N) is 1. The molecule has 116 valence electrons. The van der Waals surface area contributed by atoms with Crippen LogP contribution >= 0.6 is 23.2 Å². The first-order chi connectivity index (χ1) is 10.2. The van der Waals surface area contributed by atoms with Crippen molar-refractivity contribution in [3.63, 3.8) is 0 Å². The standard InChI is InChI=1S/C14H9Cl2F3N2O/c1-7(11-9(15)3-2-4-10(11)16)5-21-13(22)8-6-20-12(8)14(17,18)19/h2-4,6H,1,5H2,(H,21,22). The molecular formula is C14H9Cl2F3N2O. The highest BCUT2D eigenvalue weighted by Crippen LogP contribution is 2.33. The number of aliphatic imine (C=N–C) groups is 1. The Kier molecular flexibility index (Phi) is 4.63. The zero-order valence-electron chi connectivity index (χ0n) is 11.0. The molecule has 1 aliphatic rings. The summed E-state index contributed by atoms with van der Waals surface area (Å²) in [6.07, 6.45) is -3.78. The van der Waals surface area contributed by atoms with E-state index >= 15 is 0 Å². The number of carbonyl (C=O) groups is 1. The third-order valence-electron chi connectivity index (χ3n) is 2.87. The van der Waals surface area contributed by atoms with Crippen LogP contribution in [0, 0.1) is 0 Å². The van der Waals surface area contributed by atoms with E-state index in [0.29, 0.717) is 21.2 Å². The van der Waals surface area contributed by atoms with Crippen LogP contribution in [0.3, 0.4) is 0 Å². The van der Waals surface area contributed by atoms with E-state index in [4.69, 9.17) is 23.2 Å². The van der Waals surface area contributed by atoms with Gasteiger partial charge in [-0.1, -0.05) is 35.8 Å². The molecule has 0 atom stereocenters. The fourth-order valence-electron chi connectivity index (χ4n) is 1.79. The van der Waals surface area contributed by atoms with Gasteiger partial charge in [0, 0.05) is 28.4 Å². The molecule has 3 nitrogen and oxygen atoms in total. The summed E-state index contributed by atoms with van der Waals surface area (Å²) in [6, 6.07) is 4.84. The van der Waals surface area contributed by atoms with Gasteiger partial charge in [-0.2, -0.15) is 13.2 Å². The molecule has 1 N–H and O–H groups in total. The summed E-state index contributed by atoms with van der Waals surface area (Å²) >= 11 is 12.0. The van der Waals surface area contributed by atoms with Crippen molar-refractivity contribution in [2.24, 2.45) is 4.99 Å². The number of halogens is 5. The van der Waals surface area contributed by atoms with Crippen LogP contribution in [-0.2, 0) is 4.79 Å². The van der Waals surface area contributed by atoms with Crippen LogP contribution < -0.4 is 5.32 Å². The van der Waals surface area contributed by atoms with Crippen molar-refractivity contribution in [1.82, 2.24) is 5.32 Å². The van der Waals surface area contributed by atoms with E-state index in [-0.39, 0.29) is 6.54 Å². The van der Waals surface area contributed by atoms with Crippen LogP contribution in [0.4, 0.5) is 13.2 Å². The Balaban J connectivity index is 2.05. The van der Waals surface area contributed by atoms with Gasteiger partial charge in [0.2, 0.25) is 0 Å². The average molecular weight is 349 g/mol. The number of rotatable bonds is 4.